The molecule has 1 aromatic rings. The summed E-state index contributed by atoms with van der Waals surface area (Å²) in [6.07, 6.45) is -0.0255. The molecule has 1 aromatic carbocycles. The van der Waals surface area contributed by atoms with Gasteiger partial charge in [-0.2, -0.15) is 0 Å². The molecule has 0 saturated carbocycles. The number of rotatable bonds is 4. The topological polar surface area (TPSA) is 26.3 Å². The fourth-order valence-corrected chi connectivity index (χ4v) is 1.17. The maximum atomic E-state index is 13.3. The summed E-state index contributed by atoms with van der Waals surface area (Å²) in [4.78, 5) is 11.5. The van der Waals surface area contributed by atoms with Crippen molar-refractivity contribution in [1.29, 1.82) is 0 Å². The smallest absolute Gasteiger partial charge is 0.191 e. The second-order valence-corrected chi connectivity index (χ2v) is 3.77. The molecule has 0 aliphatic rings. The highest BCUT2D eigenvalue weighted by Gasteiger charge is 2.12. The third-order valence-corrected chi connectivity index (χ3v) is 1.97. The predicted molar refractivity (Wildman–Crippen MR) is 56.6 cm³/mol. The zero-order valence-electron chi connectivity index (χ0n) is 9.21. The number of halogens is 1. The van der Waals surface area contributed by atoms with Crippen LogP contribution in [0, 0.1) is 12.7 Å². The van der Waals surface area contributed by atoms with E-state index < -0.39 is 5.82 Å². The van der Waals surface area contributed by atoms with Gasteiger partial charge in [0.2, 0.25) is 0 Å². The Hall–Kier alpha value is -1.22. The maximum Gasteiger partial charge on any atom is 0.191 e. The van der Waals surface area contributed by atoms with Gasteiger partial charge in [-0.25, -0.2) is 4.39 Å². The molecule has 0 bridgehead atoms. The van der Waals surface area contributed by atoms with Crippen LogP contribution >= 0.6 is 0 Å². The first kappa shape index (κ1) is 11.9. The number of hydrogen-bond donors (Lipinski definition) is 0. The van der Waals surface area contributed by atoms with Crippen LogP contribution in [0.3, 0.4) is 0 Å². The normalized spacial score (nSPS) is 10.7. The largest absolute Gasteiger partial charge is 0.371 e. The van der Waals surface area contributed by atoms with Gasteiger partial charge < -0.3 is 4.74 Å². The van der Waals surface area contributed by atoms with E-state index in [0.29, 0.717) is 0 Å². The SMILES string of the molecule is Cc1ccc(C(=O)COC(C)C)c(F)c1. The van der Waals surface area contributed by atoms with E-state index in [9.17, 15) is 9.18 Å². The van der Waals surface area contributed by atoms with E-state index in [1.807, 2.05) is 13.8 Å². The maximum absolute atomic E-state index is 13.3. The fraction of sp³-hybridized carbons (Fsp3) is 0.417. The van der Waals surface area contributed by atoms with Gasteiger partial charge in [-0.15, -0.1) is 0 Å². The number of benzene rings is 1. The predicted octanol–water partition coefficient (Wildman–Crippen LogP) is 2.74. The molecular formula is C12H15FO2. The Morgan fingerprint density at radius 2 is 2.13 bits per heavy atom. The number of ketones is 1. The molecule has 0 heterocycles. The van der Waals surface area contributed by atoms with Gasteiger partial charge in [-0.05, 0) is 38.5 Å². The lowest BCUT2D eigenvalue weighted by molar-refractivity contribution is 0.0581. The van der Waals surface area contributed by atoms with Crippen molar-refractivity contribution in [3.8, 4) is 0 Å². The van der Waals surface area contributed by atoms with Gasteiger partial charge in [0.15, 0.2) is 5.78 Å². The van der Waals surface area contributed by atoms with Gasteiger partial charge >= 0.3 is 0 Å². The van der Waals surface area contributed by atoms with E-state index in [0.717, 1.165) is 5.56 Å². The molecule has 3 heteroatoms. The Morgan fingerprint density at radius 1 is 1.47 bits per heavy atom. The number of ether oxygens (including phenoxy) is 1. The summed E-state index contributed by atoms with van der Waals surface area (Å²) in [7, 11) is 0. The van der Waals surface area contributed by atoms with Crippen LogP contribution in [0.15, 0.2) is 18.2 Å². The van der Waals surface area contributed by atoms with E-state index in [2.05, 4.69) is 0 Å². The summed E-state index contributed by atoms with van der Waals surface area (Å²) in [5, 5.41) is 0. The molecule has 0 aliphatic carbocycles. The van der Waals surface area contributed by atoms with Gasteiger partial charge in [0.1, 0.15) is 12.4 Å². The highest BCUT2D eigenvalue weighted by Crippen LogP contribution is 2.10. The standard InChI is InChI=1S/C12H15FO2/c1-8(2)15-7-12(14)10-5-4-9(3)6-11(10)13/h4-6,8H,7H2,1-3H3. The number of aryl methyl sites for hydroxylation is 1. The van der Waals surface area contributed by atoms with Crippen LogP contribution in [0.5, 0.6) is 0 Å². The molecule has 0 atom stereocenters. The Labute approximate surface area is 89.1 Å². The Bertz CT molecular complexity index is 359. The number of carbonyl (C=O) groups excluding carboxylic acids is 1. The Morgan fingerprint density at radius 3 is 2.67 bits per heavy atom. The molecule has 0 amide bonds. The molecule has 0 radical (unpaired) electrons. The van der Waals surface area contributed by atoms with Crippen LogP contribution < -0.4 is 0 Å². The molecule has 0 unspecified atom stereocenters. The lowest BCUT2D eigenvalue weighted by Crippen LogP contribution is -2.14. The first-order valence-electron chi connectivity index (χ1n) is 4.91. The third kappa shape index (κ3) is 3.44. The van der Waals surface area contributed by atoms with Crippen molar-refractivity contribution in [3.63, 3.8) is 0 Å². The molecule has 0 aromatic heterocycles. The second-order valence-electron chi connectivity index (χ2n) is 3.77. The Balaban J connectivity index is 2.74. The van der Waals surface area contributed by atoms with E-state index in [1.54, 1.807) is 13.0 Å². The first-order chi connectivity index (χ1) is 7.00. The van der Waals surface area contributed by atoms with Crippen molar-refractivity contribution in [3.05, 3.63) is 35.1 Å². The molecule has 0 saturated heterocycles. The quantitative estimate of drug-likeness (QED) is 0.714. The summed E-state index contributed by atoms with van der Waals surface area (Å²) in [6.45, 7) is 5.37. The molecule has 2 nitrogen and oxygen atoms in total. The molecule has 0 N–H and O–H groups in total. The van der Waals surface area contributed by atoms with Crippen molar-refractivity contribution in [2.45, 2.75) is 26.9 Å². The summed E-state index contributed by atoms with van der Waals surface area (Å²) in [5.74, 6) is -0.798. The molecule has 15 heavy (non-hydrogen) atoms. The lowest BCUT2D eigenvalue weighted by atomic mass is 10.1. The molecule has 1 rings (SSSR count). The molecule has 0 aliphatic heterocycles. The number of carbonyl (C=O) groups is 1. The van der Waals surface area contributed by atoms with Crippen LogP contribution in [0.1, 0.15) is 29.8 Å². The van der Waals surface area contributed by atoms with Gasteiger partial charge in [-0.3, -0.25) is 4.79 Å². The van der Waals surface area contributed by atoms with Crippen LogP contribution in [-0.4, -0.2) is 18.5 Å². The van der Waals surface area contributed by atoms with E-state index >= 15 is 0 Å². The van der Waals surface area contributed by atoms with Crippen molar-refractivity contribution < 1.29 is 13.9 Å². The summed E-state index contributed by atoms with van der Waals surface area (Å²) < 4.78 is 18.5. The Kier molecular flexibility index (Phi) is 3.97. The minimum Gasteiger partial charge on any atom is -0.371 e. The highest BCUT2D eigenvalue weighted by molar-refractivity contribution is 5.97. The van der Waals surface area contributed by atoms with Gasteiger partial charge in [0.05, 0.1) is 11.7 Å². The third-order valence-electron chi connectivity index (χ3n) is 1.97. The van der Waals surface area contributed by atoms with Crippen molar-refractivity contribution in [2.75, 3.05) is 6.61 Å². The summed E-state index contributed by atoms with van der Waals surface area (Å²) in [6, 6.07) is 4.56. The lowest BCUT2D eigenvalue weighted by Gasteiger charge is -2.07. The van der Waals surface area contributed by atoms with Crippen molar-refractivity contribution >= 4 is 5.78 Å². The summed E-state index contributed by atoms with van der Waals surface area (Å²) >= 11 is 0. The zero-order valence-corrected chi connectivity index (χ0v) is 9.21. The average Bonchev–Trinajstić information content (AvgIpc) is 2.14. The molecular weight excluding hydrogens is 195 g/mol. The molecule has 0 spiro atoms. The first-order valence-corrected chi connectivity index (χ1v) is 4.91. The van der Waals surface area contributed by atoms with Crippen molar-refractivity contribution in [1.82, 2.24) is 0 Å². The minimum absolute atomic E-state index is 0.0255. The van der Waals surface area contributed by atoms with E-state index in [4.69, 9.17) is 4.74 Å². The fourth-order valence-electron chi connectivity index (χ4n) is 1.17. The van der Waals surface area contributed by atoms with Crippen LogP contribution in [0.25, 0.3) is 0 Å². The number of Topliss-reactive ketones (excluding diaryl/α,β-unsaturated/α-hetero) is 1. The molecule has 0 fully saturated rings. The van der Waals surface area contributed by atoms with Gasteiger partial charge in [0.25, 0.3) is 0 Å². The van der Waals surface area contributed by atoms with Gasteiger partial charge in [-0.1, -0.05) is 6.07 Å². The highest BCUT2D eigenvalue weighted by atomic mass is 19.1. The second kappa shape index (κ2) is 5.03. The monoisotopic (exact) mass is 210 g/mol. The minimum atomic E-state index is -0.479. The van der Waals surface area contributed by atoms with Crippen molar-refractivity contribution in [2.24, 2.45) is 0 Å². The van der Waals surface area contributed by atoms with Crippen LogP contribution in [-0.2, 0) is 4.74 Å². The van der Waals surface area contributed by atoms with Gasteiger partial charge in [0, 0.05) is 0 Å². The van der Waals surface area contributed by atoms with Crippen LogP contribution in [0.2, 0.25) is 0 Å². The number of hydrogen-bond acceptors (Lipinski definition) is 2. The van der Waals surface area contributed by atoms with E-state index in [1.165, 1.54) is 12.1 Å². The summed E-state index contributed by atoms with van der Waals surface area (Å²) in [5.41, 5.74) is 0.898. The average molecular weight is 210 g/mol. The zero-order chi connectivity index (χ0) is 11.4. The van der Waals surface area contributed by atoms with E-state index in [-0.39, 0.29) is 24.1 Å². The molecule has 82 valence electrons. The van der Waals surface area contributed by atoms with Crippen LogP contribution in [0.4, 0.5) is 4.39 Å².